The van der Waals surface area contributed by atoms with Crippen molar-refractivity contribution in [1.82, 2.24) is 5.32 Å². The van der Waals surface area contributed by atoms with Crippen molar-refractivity contribution in [1.29, 1.82) is 0 Å². The fraction of sp³-hybridized carbons (Fsp3) is 0.286. The van der Waals surface area contributed by atoms with Gasteiger partial charge in [-0.2, -0.15) is 0 Å². The van der Waals surface area contributed by atoms with Crippen LogP contribution in [0, 0.1) is 0 Å². The molecule has 7 heteroatoms. The van der Waals surface area contributed by atoms with Crippen LogP contribution in [0.2, 0.25) is 0 Å². The molecule has 0 bridgehead atoms. The van der Waals surface area contributed by atoms with Crippen LogP contribution in [0.4, 0.5) is 0 Å². The molecule has 2 heterocycles. The van der Waals surface area contributed by atoms with Crippen LogP contribution in [-0.2, 0) is 0 Å². The minimum atomic E-state index is -0.727. The second-order valence-electron chi connectivity index (χ2n) is 6.82. The van der Waals surface area contributed by atoms with E-state index >= 15 is 0 Å². The number of rotatable bonds is 4. The van der Waals surface area contributed by atoms with E-state index in [1.54, 1.807) is 18.2 Å². The van der Waals surface area contributed by atoms with E-state index in [4.69, 9.17) is 13.6 Å². The van der Waals surface area contributed by atoms with Crippen LogP contribution in [0.1, 0.15) is 53.0 Å². The first-order chi connectivity index (χ1) is 13.6. The zero-order valence-corrected chi connectivity index (χ0v) is 15.1. The number of benzene rings is 1. The van der Waals surface area contributed by atoms with Crippen molar-refractivity contribution in [2.45, 2.75) is 38.1 Å². The third kappa shape index (κ3) is 3.83. The summed E-state index contributed by atoms with van der Waals surface area (Å²) in [6.45, 7) is 0. The van der Waals surface area contributed by atoms with Crippen molar-refractivity contribution < 1.29 is 23.2 Å². The number of furan rings is 1. The monoisotopic (exact) mass is 381 g/mol. The lowest BCUT2D eigenvalue weighted by Gasteiger charge is -2.22. The summed E-state index contributed by atoms with van der Waals surface area (Å²) in [4.78, 5) is 36.7. The summed E-state index contributed by atoms with van der Waals surface area (Å²) in [7, 11) is 0. The largest absolute Gasteiger partial charge is 0.457 e. The molecule has 0 spiro atoms. The molecular formula is C21H19NO6. The van der Waals surface area contributed by atoms with E-state index < -0.39 is 17.5 Å². The van der Waals surface area contributed by atoms with Gasteiger partial charge in [0.15, 0.2) is 0 Å². The second-order valence-corrected chi connectivity index (χ2v) is 6.82. The highest BCUT2D eigenvalue weighted by Gasteiger charge is 2.20. The summed E-state index contributed by atoms with van der Waals surface area (Å²) in [5.41, 5.74) is -0.530. The molecule has 0 unspecified atom stereocenters. The van der Waals surface area contributed by atoms with Crippen molar-refractivity contribution in [2.24, 2.45) is 0 Å². The van der Waals surface area contributed by atoms with E-state index in [0.29, 0.717) is 5.39 Å². The first-order valence-electron chi connectivity index (χ1n) is 9.24. The van der Waals surface area contributed by atoms with E-state index in [1.807, 2.05) is 0 Å². The Hall–Kier alpha value is -3.35. The fourth-order valence-corrected chi connectivity index (χ4v) is 3.38. The first-order valence-corrected chi connectivity index (χ1v) is 9.24. The number of esters is 1. The highest BCUT2D eigenvalue weighted by Crippen LogP contribution is 2.22. The maximum atomic E-state index is 12.5. The number of hydrogen-bond donors (Lipinski definition) is 1. The Morgan fingerprint density at radius 1 is 1.07 bits per heavy atom. The summed E-state index contributed by atoms with van der Waals surface area (Å²) < 4.78 is 15.5. The predicted octanol–water partition coefficient (Wildman–Crippen LogP) is 3.67. The summed E-state index contributed by atoms with van der Waals surface area (Å²) in [6.07, 6.45) is 6.56. The molecule has 28 heavy (non-hydrogen) atoms. The number of nitrogens with one attached hydrogen (secondary N) is 1. The molecule has 7 nitrogen and oxygen atoms in total. The van der Waals surface area contributed by atoms with Gasteiger partial charge in [-0.1, -0.05) is 19.3 Å². The van der Waals surface area contributed by atoms with Crippen molar-refractivity contribution in [2.75, 3.05) is 0 Å². The number of hydrogen-bond acceptors (Lipinski definition) is 6. The number of ether oxygens (including phenoxy) is 1. The van der Waals surface area contributed by atoms with Crippen LogP contribution < -0.4 is 15.7 Å². The number of carbonyl (C=O) groups excluding carboxylic acids is 2. The third-order valence-corrected chi connectivity index (χ3v) is 4.83. The number of amides is 1. The molecule has 1 N–H and O–H groups in total. The fourth-order valence-electron chi connectivity index (χ4n) is 3.38. The van der Waals surface area contributed by atoms with Gasteiger partial charge in [-0.15, -0.1) is 0 Å². The quantitative estimate of drug-likeness (QED) is 0.421. The molecule has 0 radical (unpaired) electrons. The van der Waals surface area contributed by atoms with Crippen LogP contribution >= 0.6 is 0 Å². The van der Waals surface area contributed by atoms with Gasteiger partial charge in [0.1, 0.15) is 16.9 Å². The van der Waals surface area contributed by atoms with Gasteiger partial charge >= 0.3 is 11.6 Å². The van der Waals surface area contributed by atoms with Crippen LogP contribution in [0.25, 0.3) is 11.0 Å². The highest BCUT2D eigenvalue weighted by molar-refractivity contribution is 5.97. The molecule has 1 saturated carbocycles. The van der Waals surface area contributed by atoms with E-state index in [2.05, 4.69) is 5.32 Å². The Balaban J connectivity index is 1.54. The number of carbonyl (C=O) groups is 2. The summed E-state index contributed by atoms with van der Waals surface area (Å²) in [5, 5.41) is 3.48. The van der Waals surface area contributed by atoms with E-state index in [0.717, 1.165) is 25.7 Å². The van der Waals surface area contributed by atoms with Gasteiger partial charge in [0.05, 0.1) is 6.26 Å². The maximum absolute atomic E-state index is 12.5. The molecule has 2 aromatic heterocycles. The average molecular weight is 381 g/mol. The zero-order valence-electron chi connectivity index (χ0n) is 15.1. The molecular weight excluding hydrogens is 362 g/mol. The molecule has 4 rings (SSSR count). The van der Waals surface area contributed by atoms with Crippen molar-refractivity contribution >= 4 is 22.8 Å². The summed E-state index contributed by atoms with van der Waals surface area (Å²) >= 11 is 0. The Morgan fingerprint density at radius 3 is 2.64 bits per heavy atom. The Bertz CT molecular complexity index is 1060. The normalized spacial score (nSPS) is 14.7. The van der Waals surface area contributed by atoms with Crippen LogP contribution in [0.5, 0.6) is 5.75 Å². The van der Waals surface area contributed by atoms with Gasteiger partial charge in [0, 0.05) is 17.5 Å². The molecule has 1 aliphatic rings. The first kappa shape index (κ1) is 18.0. The van der Waals surface area contributed by atoms with Crippen molar-refractivity contribution in [3.8, 4) is 5.75 Å². The molecule has 144 valence electrons. The van der Waals surface area contributed by atoms with Gasteiger partial charge in [-0.3, -0.25) is 4.79 Å². The van der Waals surface area contributed by atoms with E-state index in [9.17, 15) is 14.4 Å². The molecule has 0 aliphatic heterocycles. The standard InChI is InChI=1S/C21H19NO6/c23-19(22-14-5-2-1-3-6-14)16-11-13-8-9-15(12-18(13)28-20(16)24)27-21(25)17-7-4-10-26-17/h4,7-12,14H,1-3,5-6H2,(H,22,23). The van der Waals surface area contributed by atoms with E-state index in [1.165, 1.54) is 30.9 Å². The SMILES string of the molecule is O=C(Oc1ccc2cc(C(=O)NC3CCCCC3)c(=O)oc2c1)c1ccco1. The van der Waals surface area contributed by atoms with Gasteiger partial charge in [-0.05, 0) is 43.2 Å². The minimum absolute atomic E-state index is 0.0293. The Labute approximate surface area is 160 Å². The van der Waals surface area contributed by atoms with Gasteiger partial charge in [-0.25, -0.2) is 9.59 Å². The maximum Gasteiger partial charge on any atom is 0.379 e. The van der Waals surface area contributed by atoms with E-state index in [-0.39, 0.29) is 28.7 Å². The molecule has 1 aliphatic carbocycles. The summed E-state index contributed by atoms with van der Waals surface area (Å²) in [5.74, 6) is -0.807. The molecule has 0 saturated heterocycles. The predicted molar refractivity (Wildman–Crippen MR) is 100 cm³/mol. The van der Waals surface area contributed by atoms with Gasteiger partial charge in [0.25, 0.3) is 5.91 Å². The highest BCUT2D eigenvalue weighted by atomic mass is 16.5. The van der Waals surface area contributed by atoms with Gasteiger partial charge in [0.2, 0.25) is 5.76 Å². The Kier molecular flexibility index (Phi) is 4.97. The van der Waals surface area contributed by atoms with Crippen molar-refractivity contribution in [3.05, 3.63) is 64.4 Å². The van der Waals surface area contributed by atoms with Crippen LogP contribution in [0.15, 0.2) is 56.3 Å². The smallest absolute Gasteiger partial charge is 0.379 e. The third-order valence-electron chi connectivity index (χ3n) is 4.83. The van der Waals surface area contributed by atoms with Crippen LogP contribution in [-0.4, -0.2) is 17.9 Å². The molecule has 0 atom stereocenters. The zero-order chi connectivity index (χ0) is 19.5. The molecule has 3 aromatic rings. The average Bonchev–Trinajstić information content (AvgIpc) is 3.23. The van der Waals surface area contributed by atoms with Gasteiger partial charge < -0.3 is 18.9 Å². The lowest BCUT2D eigenvalue weighted by molar-refractivity contribution is 0.0701. The second kappa shape index (κ2) is 7.72. The lowest BCUT2D eigenvalue weighted by Crippen LogP contribution is -2.38. The molecule has 1 aromatic carbocycles. The lowest BCUT2D eigenvalue weighted by atomic mass is 9.95. The number of fused-ring (bicyclic) bond motifs is 1. The summed E-state index contributed by atoms with van der Waals surface area (Å²) in [6, 6.07) is 9.28. The molecule has 1 fully saturated rings. The van der Waals surface area contributed by atoms with Crippen molar-refractivity contribution in [3.63, 3.8) is 0 Å². The molecule has 1 amide bonds. The minimum Gasteiger partial charge on any atom is -0.457 e. The Morgan fingerprint density at radius 2 is 1.89 bits per heavy atom. The topological polar surface area (TPSA) is 98.8 Å². The van der Waals surface area contributed by atoms with Crippen LogP contribution in [0.3, 0.4) is 0 Å².